The lowest BCUT2D eigenvalue weighted by Gasteiger charge is -2.36. The second-order valence-electron chi connectivity index (χ2n) is 6.93. The van der Waals surface area contributed by atoms with Crippen molar-refractivity contribution in [1.29, 1.82) is 0 Å². The van der Waals surface area contributed by atoms with Gasteiger partial charge in [0.05, 0.1) is 6.42 Å². The molecule has 0 spiro atoms. The molecule has 0 aliphatic carbocycles. The predicted octanol–water partition coefficient (Wildman–Crippen LogP) is 4.18. The van der Waals surface area contributed by atoms with Crippen molar-refractivity contribution in [2.45, 2.75) is 45.3 Å². The van der Waals surface area contributed by atoms with E-state index in [0.29, 0.717) is 0 Å². The molecule has 0 atom stereocenters. The van der Waals surface area contributed by atoms with E-state index in [2.05, 4.69) is 38.8 Å². The van der Waals surface area contributed by atoms with Gasteiger partial charge in [-0.2, -0.15) is 0 Å². The SMILES string of the molecule is CC(C)(C)[Si](C)(C)Oc1cccc2[nH]cc(CC(=O)O)c12. The molecule has 1 heterocycles. The van der Waals surface area contributed by atoms with Gasteiger partial charge in [0.25, 0.3) is 8.32 Å². The summed E-state index contributed by atoms with van der Waals surface area (Å²) in [6.07, 6.45) is 1.76. The van der Waals surface area contributed by atoms with Gasteiger partial charge in [-0.25, -0.2) is 0 Å². The van der Waals surface area contributed by atoms with Gasteiger partial charge in [0.1, 0.15) is 5.75 Å². The Morgan fingerprint density at radius 3 is 2.57 bits per heavy atom. The number of aliphatic carboxylic acids is 1. The first-order valence-corrected chi connectivity index (χ1v) is 10.0. The number of H-pyrrole nitrogens is 1. The van der Waals surface area contributed by atoms with Gasteiger partial charge in [0.15, 0.2) is 0 Å². The van der Waals surface area contributed by atoms with Crippen molar-refractivity contribution in [2.24, 2.45) is 0 Å². The van der Waals surface area contributed by atoms with Gasteiger partial charge in [-0.15, -0.1) is 0 Å². The number of carboxylic acid groups (broad SMARTS) is 1. The summed E-state index contributed by atoms with van der Waals surface area (Å²) >= 11 is 0. The molecule has 1 aromatic heterocycles. The van der Waals surface area contributed by atoms with Crippen LogP contribution in [0, 0.1) is 0 Å². The summed E-state index contributed by atoms with van der Waals surface area (Å²) < 4.78 is 6.39. The summed E-state index contributed by atoms with van der Waals surface area (Å²) in [6, 6.07) is 5.81. The normalized spacial score (nSPS) is 12.6. The Balaban J connectivity index is 2.49. The molecule has 0 saturated heterocycles. The fourth-order valence-corrected chi connectivity index (χ4v) is 3.06. The van der Waals surface area contributed by atoms with Gasteiger partial charge in [-0.3, -0.25) is 4.79 Å². The van der Waals surface area contributed by atoms with E-state index in [1.54, 1.807) is 6.20 Å². The number of aromatic nitrogens is 1. The molecule has 0 unspecified atom stereocenters. The van der Waals surface area contributed by atoms with Crippen LogP contribution in [0.4, 0.5) is 0 Å². The summed E-state index contributed by atoms with van der Waals surface area (Å²) in [5.74, 6) is -0.0466. The molecule has 1 aromatic carbocycles. The van der Waals surface area contributed by atoms with Gasteiger partial charge < -0.3 is 14.5 Å². The van der Waals surface area contributed by atoms with Crippen LogP contribution in [0.15, 0.2) is 24.4 Å². The number of benzene rings is 1. The van der Waals surface area contributed by atoms with Crippen LogP contribution >= 0.6 is 0 Å². The maximum absolute atomic E-state index is 11.0. The van der Waals surface area contributed by atoms with Crippen molar-refractivity contribution in [3.05, 3.63) is 30.0 Å². The molecule has 2 rings (SSSR count). The van der Waals surface area contributed by atoms with E-state index in [1.165, 1.54) is 0 Å². The number of rotatable bonds is 4. The lowest BCUT2D eigenvalue weighted by molar-refractivity contribution is -0.136. The highest BCUT2D eigenvalue weighted by atomic mass is 28.4. The molecule has 0 bridgehead atoms. The third kappa shape index (κ3) is 3.13. The maximum atomic E-state index is 11.0. The number of fused-ring (bicyclic) bond motifs is 1. The first-order chi connectivity index (χ1) is 9.62. The van der Waals surface area contributed by atoms with E-state index in [4.69, 9.17) is 9.53 Å². The quantitative estimate of drug-likeness (QED) is 0.833. The summed E-state index contributed by atoms with van der Waals surface area (Å²) in [7, 11) is -1.96. The Labute approximate surface area is 126 Å². The Morgan fingerprint density at radius 1 is 1.33 bits per heavy atom. The van der Waals surface area contributed by atoms with E-state index < -0.39 is 14.3 Å². The second-order valence-corrected chi connectivity index (χ2v) is 11.7. The highest BCUT2D eigenvalue weighted by Crippen LogP contribution is 2.39. The smallest absolute Gasteiger partial charge is 0.307 e. The minimum absolute atomic E-state index is 0.00211. The van der Waals surface area contributed by atoms with Crippen LogP contribution in [0.2, 0.25) is 18.1 Å². The average Bonchev–Trinajstić information content (AvgIpc) is 2.71. The van der Waals surface area contributed by atoms with Gasteiger partial charge in [-0.1, -0.05) is 26.8 Å². The van der Waals surface area contributed by atoms with Crippen LogP contribution in [0.5, 0.6) is 5.75 Å². The lowest BCUT2D eigenvalue weighted by Crippen LogP contribution is -2.43. The Hall–Kier alpha value is -1.75. The molecule has 0 fully saturated rings. The number of aromatic amines is 1. The Bertz CT molecular complexity index is 668. The lowest BCUT2D eigenvalue weighted by atomic mass is 10.1. The van der Waals surface area contributed by atoms with Crippen LogP contribution < -0.4 is 4.43 Å². The van der Waals surface area contributed by atoms with E-state index in [-0.39, 0.29) is 11.5 Å². The summed E-state index contributed by atoms with van der Waals surface area (Å²) in [5, 5.41) is 10.0. The molecule has 0 radical (unpaired) electrons. The third-order valence-corrected chi connectivity index (χ3v) is 8.60. The van der Waals surface area contributed by atoms with Gasteiger partial charge in [0, 0.05) is 17.1 Å². The average molecular weight is 305 g/mol. The molecular weight excluding hydrogens is 282 g/mol. The minimum Gasteiger partial charge on any atom is -0.543 e. The zero-order valence-corrected chi connectivity index (χ0v) is 14.3. The topological polar surface area (TPSA) is 62.3 Å². The second kappa shape index (κ2) is 5.22. The van der Waals surface area contributed by atoms with Gasteiger partial charge in [-0.05, 0) is 35.8 Å². The monoisotopic (exact) mass is 305 g/mol. The zero-order chi connectivity index (χ0) is 15.8. The number of hydrogen-bond donors (Lipinski definition) is 2. The standard InChI is InChI=1S/C16H23NO3Si/c1-16(2,3)21(4,5)20-13-8-6-7-12-15(13)11(10-17-12)9-14(18)19/h6-8,10,17H,9H2,1-5H3,(H,18,19). The molecule has 2 aromatic rings. The molecule has 0 aliphatic rings. The zero-order valence-electron chi connectivity index (χ0n) is 13.3. The molecule has 0 saturated carbocycles. The first-order valence-electron chi connectivity index (χ1n) is 7.11. The fraction of sp³-hybridized carbons (Fsp3) is 0.438. The van der Waals surface area contributed by atoms with Crippen LogP contribution in [0.1, 0.15) is 26.3 Å². The van der Waals surface area contributed by atoms with Crippen LogP contribution in [0.3, 0.4) is 0 Å². The van der Waals surface area contributed by atoms with E-state index in [0.717, 1.165) is 22.2 Å². The molecular formula is C16H23NO3Si. The number of hydrogen-bond acceptors (Lipinski definition) is 2. The number of carboxylic acids is 1. The maximum Gasteiger partial charge on any atom is 0.307 e. The highest BCUT2D eigenvalue weighted by Gasteiger charge is 2.39. The Morgan fingerprint density at radius 2 is 2.00 bits per heavy atom. The van der Waals surface area contributed by atoms with E-state index in [1.807, 2.05) is 18.2 Å². The van der Waals surface area contributed by atoms with Crippen LogP contribution in [-0.4, -0.2) is 24.4 Å². The highest BCUT2D eigenvalue weighted by molar-refractivity contribution is 6.74. The molecule has 114 valence electrons. The van der Waals surface area contributed by atoms with Crippen molar-refractivity contribution < 1.29 is 14.3 Å². The molecule has 5 heteroatoms. The largest absolute Gasteiger partial charge is 0.543 e. The van der Waals surface area contributed by atoms with Crippen LogP contribution in [-0.2, 0) is 11.2 Å². The van der Waals surface area contributed by atoms with Crippen molar-refractivity contribution in [3.8, 4) is 5.75 Å². The molecule has 0 aliphatic heterocycles. The first kappa shape index (κ1) is 15.6. The summed E-state index contributed by atoms with van der Waals surface area (Å²) in [5.41, 5.74) is 1.69. The van der Waals surface area contributed by atoms with E-state index in [9.17, 15) is 4.79 Å². The van der Waals surface area contributed by atoms with E-state index >= 15 is 0 Å². The van der Waals surface area contributed by atoms with Crippen molar-refractivity contribution in [3.63, 3.8) is 0 Å². The summed E-state index contributed by atoms with van der Waals surface area (Å²) in [6.45, 7) is 10.9. The predicted molar refractivity (Wildman–Crippen MR) is 87.5 cm³/mol. The van der Waals surface area contributed by atoms with Gasteiger partial charge in [0.2, 0.25) is 0 Å². The van der Waals surface area contributed by atoms with Crippen molar-refractivity contribution >= 4 is 25.2 Å². The van der Waals surface area contributed by atoms with Crippen molar-refractivity contribution in [2.75, 3.05) is 0 Å². The fourth-order valence-electron chi connectivity index (χ4n) is 2.04. The minimum atomic E-state index is -1.96. The van der Waals surface area contributed by atoms with Crippen molar-refractivity contribution in [1.82, 2.24) is 4.98 Å². The number of carbonyl (C=O) groups is 1. The summed E-state index contributed by atoms with van der Waals surface area (Å²) in [4.78, 5) is 14.2. The van der Waals surface area contributed by atoms with Crippen LogP contribution in [0.25, 0.3) is 10.9 Å². The Kier molecular flexibility index (Phi) is 3.89. The third-order valence-electron chi connectivity index (χ3n) is 4.26. The molecule has 0 amide bonds. The molecule has 4 nitrogen and oxygen atoms in total. The number of nitrogens with one attached hydrogen (secondary N) is 1. The molecule has 2 N–H and O–H groups in total. The molecule has 21 heavy (non-hydrogen) atoms. The van der Waals surface area contributed by atoms with Gasteiger partial charge >= 0.3 is 5.97 Å².